The number of ether oxygens (including phenoxy) is 18. The fraction of sp³-hybridized carbons (Fsp3) is 0.562. The highest BCUT2D eigenvalue weighted by Gasteiger charge is 2.28. The maximum atomic E-state index is 10.6. The summed E-state index contributed by atoms with van der Waals surface area (Å²) in [5.74, 6) is -0.204. The lowest BCUT2D eigenvalue weighted by atomic mass is 9.96. The molecule has 2 unspecified atom stereocenters. The number of rotatable bonds is 8. The van der Waals surface area contributed by atoms with E-state index in [0.29, 0.717) is 59.5 Å². The smallest absolute Gasteiger partial charge is 0.434 e. The first-order valence-electron chi connectivity index (χ1n) is 23.5. The van der Waals surface area contributed by atoms with Crippen LogP contribution in [-0.4, -0.2) is 195 Å². The quantitative estimate of drug-likeness (QED) is 0.271. The Morgan fingerprint density at radius 2 is 0.857 bits per heavy atom. The molecule has 8 fully saturated rings. The summed E-state index contributed by atoms with van der Waals surface area (Å²) < 4.78 is 82.3. The fourth-order valence-electron chi connectivity index (χ4n) is 5.28. The highest BCUT2D eigenvalue weighted by Crippen LogP contribution is 2.20. The average Bonchev–Trinajstić information content (AvgIpc) is 4.07. The molecule has 8 aliphatic rings. The van der Waals surface area contributed by atoms with E-state index in [1.807, 2.05) is 74.5 Å². The molecular formula is C48H62O29. The average molecular weight is 1100 g/mol. The van der Waals surface area contributed by atoms with Gasteiger partial charge in [0.25, 0.3) is 0 Å². The van der Waals surface area contributed by atoms with Crippen LogP contribution >= 0.6 is 0 Å². The Morgan fingerprint density at radius 1 is 0.468 bits per heavy atom. The molecular weight excluding hydrogens is 1040 g/mol. The lowest BCUT2D eigenvalue weighted by molar-refractivity contribution is -0.131. The summed E-state index contributed by atoms with van der Waals surface area (Å²) in [6.07, 6.45) is -4.86. The summed E-state index contributed by atoms with van der Waals surface area (Å²) in [7, 11) is 0. The predicted octanol–water partition coefficient (Wildman–Crippen LogP) is 4.49. The van der Waals surface area contributed by atoms with Gasteiger partial charge in [0.1, 0.15) is 65.1 Å². The maximum absolute atomic E-state index is 10.6. The molecule has 8 heterocycles. The zero-order chi connectivity index (χ0) is 56.1. The van der Waals surface area contributed by atoms with Gasteiger partial charge in [-0.05, 0) is 11.1 Å². The summed E-state index contributed by atoms with van der Waals surface area (Å²) in [6.45, 7) is 9.02. The van der Waals surface area contributed by atoms with Crippen LogP contribution in [-0.2, 0) is 103 Å². The normalized spacial score (nSPS) is 20.8. The molecule has 428 valence electrons. The van der Waals surface area contributed by atoms with Crippen LogP contribution in [0.15, 0.2) is 60.7 Å². The number of Topliss-reactive ketones (excluding diaryl/α,β-unsaturated/α-hetero) is 1. The first-order valence-corrected chi connectivity index (χ1v) is 23.5. The summed E-state index contributed by atoms with van der Waals surface area (Å²) in [6, 6.07) is 19.7. The lowest BCUT2D eigenvalue weighted by Crippen LogP contribution is -2.34. The molecule has 0 saturated carbocycles. The first kappa shape index (κ1) is 63.4. The first-order chi connectivity index (χ1) is 37.0. The molecule has 10 rings (SSSR count). The number of hydrogen-bond acceptors (Lipinski definition) is 29. The number of hydrogen-bond donors (Lipinski definition) is 2. The third-order valence-electron chi connectivity index (χ3n) is 9.13. The van der Waals surface area contributed by atoms with E-state index < -0.39 is 61.5 Å². The summed E-state index contributed by atoms with van der Waals surface area (Å²) >= 11 is 0. The number of ketones is 1. The van der Waals surface area contributed by atoms with Gasteiger partial charge in [-0.3, -0.25) is 4.79 Å². The Morgan fingerprint density at radius 3 is 1.22 bits per heavy atom. The van der Waals surface area contributed by atoms with Crippen LogP contribution in [0, 0.1) is 5.41 Å². The molecule has 2 aromatic rings. The number of cyclic esters (lactones) is 16. The molecule has 2 aromatic carbocycles. The molecule has 8 saturated heterocycles. The molecule has 77 heavy (non-hydrogen) atoms. The van der Waals surface area contributed by atoms with E-state index in [2.05, 4.69) is 61.6 Å². The van der Waals surface area contributed by atoms with E-state index in [0.717, 1.165) is 24.0 Å². The minimum absolute atomic E-state index is 0.00604. The van der Waals surface area contributed by atoms with Crippen LogP contribution in [0.5, 0.6) is 0 Å². The zero-order valence-electron chi connectivity index (χ0n) is 42.1. The molecule has 0 spiro atoms. The van der Waals surface area contributed by atoms with Gasteiger partial charge in [0.2, 0.25) is 5.78 Å². The molecule has 29 nitrogen and oxygen atoms in total. The lowest BCUT2D eigenvalue weighted by Gasteiger charge is -2.27. The van der Waals surface area contributed by atoms with Crippen molar-refractivity contribution in [3.8, 4) is 0 Å². The van der Waals surface area contributed by atoms with Crippen molar-refractivity contribution in [2.45, 2.75) is 64.3 Å². The Kier molecular flexibility index (Phi) is 30.4. The third-order valence-corrected chi connectivity index (χ3v) is 9.13. The van der Waals surface area contributed by atoms with E-state index in [-0.39, 0.29) is 82.9 Å². The van der Waals surface area contributed by atoms with Crippen LogP contribution < -0.4 is 0 Å². The molecule has 0 bridgehead atoms. The largest absolute Gasteiger partial charge is 0.509 e. The molecule has 0 amide bonds. The minimum atomic E-state index is -0.760. The molecule has 0 aliphatic carbocycles. The van der Waals surface area contributed by atoms with Crippen molar-refractivity contribution in [3.63, 3.8) is 0 Å². The van der Waals surface area contributed by atoms with Gasteiger partial charge in [0, 0.05) is 18.3 Å². The molecule has 29 heteroatoms. The van der Waals surface area contributed by atoms with Gasteiger partial charge in [-0.1, -0.05) is 74.5 Å². The second kappa shape index (κ2) is 37.0. The van der Waals surface area contributed by atoms with E-state index >= 15 is 0 Å². The topological polar surface area (TPSA) is 360 Å². The number of carbonyl (C=O) groups excluding carboxylic acids is 9. The van der Waals surface area contributed by atoms with Gasteiger partial charge >= 0.3 is 49.2 Å². The molecule has 0 radical (unpaired) electrons. The molecule has 2 atom stereocenters. The van der Waals surface area contributed by atoms with Crippen LogP contribution in [0.2, 0.25) is 0 Å². The van der Waals surface area contributed by atoms with Gasteiger partial charge in [-0.2, -0.15) is 0 Å². The Hall–Kier alpha value is -7.89. The molecule has 2 N–H and O–H groups in total. The number of carbonyl (C=O) groups is 9. The van der Waals surface area contributed by atoms with Crippen LogP contribution in [0.25, 0.3) is 0 Å². The van der Waals surface area contributed by atoms with Crippen molar-refractivity contribution in [3.05, 3.63) is 71.8 Å². The molecule has 8 aliphatic heterocycles. The Labute approximate surface area is 440 Å². The molecule has 0 aromatic heterocycles. The van der Waals surface area contributed by atoms with E-state index in [1.54, 1.807) is 0 Å². The van der Waals surface area contributed by atoms with Gasteiger partial charge in [-0.15, -0.1) is 0 Å². The van der Waals surface area contributed by atoms with Crippen LogP contribution in [0.4, 0.5) is 38.4 Å². The third kappa shape index (κ3) is 31.6. The highest BCUT2D eigenvalue weighted by atomic mass is 16.8. The maximum Gasteiger partial charge on any atom is 0.509 e. The standard InChI is InChI=1S/2C11H12O4.C6H10O3.C4H6O4.C4H4O4.C4H6O4.2C4H6O3/c12-11-14-7-10(8-15-11)13-6-9-4-2-1-3-5-9;12-11-14-8-10(15-11)7-13-6-9-4-2-1-3-5-9;1-6(2)3-8-5(7)9-4-6;2*5-3-1-7-4(6)8-2-3;5-1-3-2-7-4(6)8-3;2*5-4-6-2-1-3-7-4/h2*1-5,10H,6-8H2;3-4H2,1-2H3;3,5H,1-2H2;1-2H2;3,5H,1-2H2;2*1-3H2. The second-order valence-corrected chi connectivity index (χ2v) is 16.6. The van der Waals surface area contributed by atoms with Gasteiger partial charge in [0.15, 0.2) is 25.4 Å². The van der Waals surface area contributed by atoms with E-state index in [9.17, 15) is 43.2 Å². The predicted molar refractivity (Wildman–Crippen MR) is 248 cm³/mol. The summed E-state index contributed by atoms with van der Waals surface area (Å²) in [4.78, 5) is 91.8. The van der Waals surface area contributed by atoms with Crippen molar-refractivity contribution < 1.29 is 139 Å². The van der Waals surface area contributed by atoms with Gasteiger partial charge in [0.05, 0.1) is 52.9 Å². The number of aliphatic hydroxyl groups excluding tert-OH is 2. The fourth-order valence-corrected chi connectivity index (χ4v) is 5.28. The van der Waals surface area contributed by atoms with Crippen molar-refractivity contribution in [1.82, 2.24) is 0 Å². The summed E-state index contributed by atoms with van der Waals surface area (Å²) in [5.41, 5.74) is 2.19. The number of benzene rings is 2. The number of aliphatic hydroxyl groups is 2. The van der Waals surface area contributed by atoms with Gasteiger partial charge < -0.3 is 95.5 Å². The monoisotopic (exact) mass is 1100 g/mol. The summed E-state index contributed by atoms with van der Waals surface area (Å²) in [5, 5.41) is 17.0. The van der Waals surface area contributed by atoms with E-state index in [4.69, 9.17) is 33.9 Å². The van der Waals surface area contributed by atoms with Crippen molar-refractivity contribution in [2.24, 2.45) is 5.41 Å². The van der Waals surface area contributed by atoms with Crippen molar-refractivity contribution >= 4 is 55.0 Å². The van der Waals surface area contributed by atoms with Crippen LogP contribution in [0.3, 0.4) is 0 Å². The zero-order valence-corrected chi connectivity index (χ0v) is 42.1. The SMILES string of the molecule is CC1(C)COC(=O)OC1.O=C1COC(=O)OC1.O=C1OCC(CO)O1.O=C1OCC(COCc2ccccc2)O1.O=C1OCC(O)CO1.O=C1OCC(OCc2ccccc2)CO1.O=C1OCCCO1.O=C1OCCCO1. The van der Waals surface area contributed by atoms with Gasteiger partial charge in [-0.25, -0.2) is 38.4 Å². The minimum Gasteiger partial charge on any atom is -0.434 e. The highest BCUT2D eigenvalue weighted by molar-refractivity contribution is 5.86. The second-order valence-electron chi connectivity index (χ2n) is 16.6. The van der Waals surface area contributed by atoms with Crippen molar-refractivity contribution in [2.75, 3.05) is 106 Å². The Bertz CT molecular complexity index is 2000. The van der Waals surface area contributed by atoms with Crippen LogP contribution in [0.1, 0.15) is 37.8 Å². The van der Waals surface area contributed by atoms with Crippen molar-refractivity contribution in [1.29, 1.82) is 0 Å². The van der Waals surface area contributed by atoms with E-state index in [1.165, 1.54) is 0 Å². The Balaban J connectivity index is 0.000000236.